The van der Waals surface area contributed by atoms with Crippen molar-refractivity contribution < 1.29 is 18.3 Å². The van der Waals surface area contributed by atoms with Crippen LogP contribution in [0.5, 0.6) is 6.01 Å². The minimum absolute atomic E-state index is 0.0583. The van der Waals surface area contributed by atoms with Crippen LogP contribution in [-0.2, 0) is 11.2 Å². The molecule has 0 bridgehead atoms. The standard InChI is InChI=1S/C35H36F2N6O2/c1-3-30(44)43-13-12-41(19-23(43)17-38-2)33-27-9-8-26(24-6-4-7-25-28-14-21(28)15-29(24)25)31(37)32(27)39-34(40-33)45-20-35-10-5-11-42(35)18-22(36)16-35/h3-4,6-9,21-23,28H,1,5,10-20H2/t21-,22+,23-,28-,35-/m0/s1. The van der Waals surface area contributed by atoms with E-state index in [-0.39, 0.29) is 36.6 Å². The topological polar surface area (TPSA) is 66.2 Å². The van der Waals surface area contributed by atoms with Gasteiger partial charge in [-0.1, -0.05) is 30.8 Å². The van der Waals surface area contributed by atoms with Gasteiger partial charge in [0.05, 0.1) is 5.54 Å². The van der Waals surface area contributed by atoms with Gasteiger partial charge in [-0.15, -0.1) is 0 Å². The van der Waals surface area contributed by atoms with Crippen LogP contribution in [0.1, 0.15) is 42.7 Å². The molecule has 3 aliphatic heterocycles. The quantitative estimate of drug-likeness (QED) is 0.272. The van der Waals surface area contributed by atoms with Crippen LogP contribution in [0.15, 0.2) is 43.0 Å². The maximum absolute atomic E-state index is 16.8. The van der Waals surface area contributed by atoms with Crippen molar-refractivity contribution in [1.29, 1.82) is 0 Å². The fourth-order valence-corrected chi connectivity index (χ4v) is 8.55. The lowest BCUT2D eigenvalue weighted by molar-refractivity contribution is -0.128. The molecule has 4 fully saturated rings. The summed E-state index contributed by atoms with van der Waals surface area (Å²) in [4.78, 5) is 31.5. The summed E-state index contributed by atoms with van der Waals surface area (Å²) < 4.78 is 37.5. The first-order valence-corrected chi connectivity index (χ1v) is 16.0. The number of benzene rings is 2. The van der Waals surface area contributed by atoms with Crippen molar-refractivity contribution in [3.05, 3.63) is 71.3 Å². The molecule has 0 spiro atoms. The highest BCUT2D eigenvalue weighted by Crippen LogP contribution is 2.58. The first-order valence-electron chi connectivity index (χ1n) is 16.0. The van der Waals surface area contributed by atoms with Gasteiger partial charge < -0.3 is 19.4 Å². The molecule has 0 unspecified atom stereocenters. The second kappa shape index (κ2) is 10.8. The normalized spacial score (nSPS) is 28.5. The molecular weight excluding hydrogens is 574 g/mol. The average molecular weight is 611 g/mol. The smallest absolute Gasteiger partial charge is 0.319 e. The second-order valence-electron chi connectivity index (χ2n) is 13.4. The molecule has 3 aromatic rings. The van der Waals surface area contributed by atoms with Crippen LogP contribution < -0.4 is 9.64 Å². The number of carbonyl (C=O) groups excluding carboxylic acids is 1. The van der Waals surface area contributed by atoms with Crippen molar-refractivity contribution in [3.63, 3.8) is 0 Å². The van der Waals surface area contributed by atoms with Gasteiger partial charge in [0.15, 0.2) is 5.82 Å². The van der Waals surface area contributed by atoms with Crippen LogP contribution in [0.2, 0.25) is 0 Å². The number of hydrogen-bond acceptors (Lipinski definition) is 6. The first kappa shape index (κ1) is 28.4. The third kappa shape index (κ3) is 4.66. The monoisotopic (exact) mass is 610 g/mol. The summed E-state index contributed by atoms with van der Waals surface area (Å²) in [5.41, 5.74) is 3.77. The molecule has 3 saturated heterocycles. The predicted octanol–water partition coefficient (Wildman–Crippen LogP) is 5.17. The number of alkyl halides is 1. The second-order valence-corrected chi connectivity index (χ2v) is 13.4. The minimum atomic E-state index is -0.894. The molecule has 2 aliphatic carbocycles. The van der Waals surface area contributed by atoms with E-state index >= 15 is 4.39 Å². The minimum Gasteiger partial charge on any atom is -0.461 e. The molecule has 0 N–H and O–H groups in total. The highest BCUT2D eigenvalue weighted by Gasteiger charge is 2.49. The molecule has 232 valence electrons. The molecule has 8 nitrogen and oxygen atoms in total. The largest absolute Gasteiger partial charge is 0.461 e. The highest BCUT2D eigenvalue weighted by atomic mass is 19.1. The van der Waals surface area contributed by atoms with E-state index in [1.807, 2.05) is 29.2 Å². The maximum atomic E-state index is 16.8. The zero-order valence-corrected chi connectivity index (χ0v) is 25.2. The Bertz CT molecular complexity index is 1760. The number of ether oxygens (including phenoxy) is 1. The number of piperazine rings is 1. The summed E-state index contributed by atoms with van der Waals surface area (Å²) in [7, 11) is 0. The summed E-state index contributed by atoms with van der Waals surface area (Å²) in [6.45, 7) is 13.9. The van der Waals surface area contributed by atoms with Gasteiger partial charge in [-0.3, -0.25) is 9.69 Å². The number of aromatic nitrogens is 2. The van der Waals surface area contributed by atoms with Crippen molar-refractivity contribution in [3.8, 4) is 17.1 Å². The Hall–Kier alpha value is -4.10. The van der Waals surface area contributed by atoms with Gasteiger partial charge in [0.2, 0.25) is 12.5 Å². The lowest BCUT2D eigenvalue weighted by Gasteiger charge is -2.39. The van der Waals surface area contributed by atoms with E-state index in [9.17, 15) is 9.18 Å². The summed E-state index contributed by atoms with van der Waals surface area (Å²) in [5.74, 6) is 1.14. The zero-order valence-electron chi connectivity index (χ0n) is 25.2. The van der Waals surface area contributed by atoms with Gasteiger partial charge in [-0.05, 0) is 72.9 Å². The van der Waals surface area contributed by atoms with E-state index in [1.54, 1.807) is 4.90 Å². The third-order valence-corrected chi connectivity index (χ3v) is 10.8. The first-order chi connectivity index (χ1) is 21.9. The number of nitrogens with zero attached hydrogens (tertiary/aromatic N) is 6. The number of rotatable bonds is 7. The van der Waals surface area contributed by atoms with Crippen molar-refractivity contribution in [2.24, 2.45) is 5.92 Å². The molecule has 8 rings (SSSR count). The van der Waals surface area contributed by atoms with Crippen molar-refractivity contribution in [2.45, 2.75) is 55.8 Å². The highest BCUT2D eigenvalue weighted by molar-refractivity contribution is 5.94. The van der Waals surface area contributed by atoms with Gasteiger partial charge in [-0.25, -0.2) is 15.4 Å². The number of amides is 1. The number of fused-ring (bicyclic) bond motifs is 5. The SMILES string of the molecule is [C-]#[N+]C[C@H]1CN(c2nc(OC[C@@]34CCCN3C[C@H](F)C4)nc3c(F)c(-c4cccc5c4C[C@@H]4C[C@H]54)ccc23)CCN1C(=O)C=C. The van der Waals surface area contributed by atoms with Crippen LogP contribution in [-0.4, -0.2) is 89.3 Å². The number of anilines is 1. The van der Waals surface area contributed by atoms with Gasteiger partial charge >= 0.3 is 6.01 Å². The van der Waals surface area contributed by atoms with Crippen molar-refractivity contribution >= 4 is 22.6 Å². The van der Waals surface area contributed by atoms with Gasteiger partial charge in [-0.2, -0.15) is 9.97 Å². The Morgan fingerprint density at radius 2 is 2.07 bits per heavy atom. The average Bonchev–Trinajstić information content (AvgIpc) is 3.39. The molecule has 45 heavy (non-hydrogen) atoms. The fourth-order valence-electron chi connectivity index (χ4n) is 8.55. The lowest BCUT2D eigenvalue weighted by atomic mass is 9.93. The van der Waals surface area contributed by atoms with Crippen molar-refractivity contribution in [2.75, 3.05) is 50.8 Å². The molecule has 1 saturated carbocycles. The van der Waals surface area contributed by atoms with Gasteiger partial charge in [0.25, 0.3) is 0 Å². The molecular formula is C35H36F2N6O2. The van der Waals surface area contributed by atoms with Crippen LogP contribution in [0.3, 0.4) is 0 Å². The lowest BCUT2D eigenvalue weighted by Crippen LogP contribution is -2.56. The third-order valence-electron chi connectivity index (χ3n) is 10.8. The summed E-state index contributed by atoms with van der Waals surface area (Å²) in [6.07, 6.45) is 4.80. The molecule has 10 heteroatoms. The summed E-state index contributed by atoms with van der Waals surface area (Å²) in [5, 5.41) is 0.550. The summed E-state index contributed by atoms with van der Waals surface area (Å²) in [6, 6.07) is 9.59. The van der Waals surface area contributed by atoms with E-state index in [0.717, 1.165) is 31.4 Å². The molecule has 0 radical (unpaired) electrons. The fraction of sp³-hybridized carbons (Fsp3) is 0.486. The Kier molecular flexibility index (Phi) is 6.79. The van der Waals surface area contributed by atoms with Gasteiger partial charge in [0, 0.05) is 43.5 Å². The number of hydrogen-bond donors (Lipinski definition) is 0. The Balaban J connectivity index is 1.20. The summed E-state index contributed by atoms with van der Waals surface area (Å²) >= 11 is 0. The van der Waals surface area contributed by atoms with E-state index in [4.69, 9.17) is 16.3 Å². The molecule has 5 aliphatic rings. The van der Waals surface area contributed by atoms with Crippen LogP contribution in [0.25, 0.3) is 26.9 Å². The van der Waals surface area contributed by atoms with Crippen LogP contribution in [0.4, 0.5) is 14.6 Å². The van der Waals surface area contributed by atoms with E-state index in [0.29, 0.717) is 61.2 Å². The predicted molar refractivity (Wildman–Crippen MR) is 167 cm³/mol. The van der Waals surface area contributed by atoms with E-state index in [1.165, 1.54) is 23.6 Å². The van der Waals surface area contributed by atoms with Gasteiger partial charge in [0.1, 0.15) is 30.2 Å². The molecule has 1 aromatic heterocycles. The maximum Gasteiger partial charge on any atom is 0.319 e. The Labute approximate surface area is 261 Å². The Morgan fingerprint density at radius 1 is 1.18 bits per heavy atom. The van der Waals surface area contributed by atoms with Crippen LogP contribution >= 0.6 is 0 Å². The number of carbonyl (C=O) groups is 1. The number of halogens is 2. The Morgan fingerprint density at radius 3 is 2.91 bits per heavy atom. The molecule has 4 heterocycles. The molecule has 2 aromatic carbocycles. The molecule has 5 atom stereocenters. The van der Waals surface area contributed by atoms with Crippen LogP contribution in [0, 0.1) is 18.3 Å². The van der Waals surface area contributed by atoms with E-state index < -0.39 is 17.5 Å². The van der Waals surface area contributed by atoms with Crippen molar-refractivity contribution in [1.82, 2.24) is 19.8 Å². The van der Waals surface area contributed by atoms with E-state index in [2.05, 4.69) is 27.4 Å². The molecule has 1 amide bonds. The zero-order chi connectivity index (χ0) is 30.9.